The Kier molecular flexibility index (Phi) is 6.35. The molecular weight excluding hydrogens is 264 g/mol. The standard InChI is InChI=1S/C13H20N2O3S/c1-10(9-19(2)17)15-13(16)7-8-18-12-5-3-11(14)4-6-12/h3-6,10H,7-9,14H2,1-2H3,(H,15,16). The van der Waals surface area contributed by atoms with E-state index in [1.165, 1.54) is 0 Å². The molecular formula is C13H20N2O3S. The molecule has 0 saturated heterocycles. The van der Waals surface area contributed by atoms with Crippen LogP contribution in [0.3, 0.4) is 0 Å². The maximum Gasteiger partial charge on any atom is 0.223 e. The summed E-state index contributed by atoms with van der Waals surface area (Å²) >= 11 is 0. The summed E-state index contributed by atoms with van der Waals surface area (Å²) in [5, 5.41) is 2.77. The van der Waals surface area contributed by atoms with Crippen LogP contribution < -0.4 is 15.8 Å². The summed E-state index contributed by atoms with van der Waals surface area (Å²) in [5.74, 6) is 1.04. The lowest BCUT2D eigenvalue weighted by atomic mass is 10.3. The molecule has 0 saturated carbocycles. The maximum atomic E-state index is 11.6. The van der Waals surface area contributed by atoms with E-state index in [1.54, 1.807) is 30.5 Å². The molecule has 1 rings (SSSR count). The summed E-state index contributed by atoms with van der Waals surface area (Å²) in [5.41, 5.74) is 6.23. The number of amides is 1. The Morgan fingerprint density at radius 2 is 2.05 bits per heavy atom. The molecule has 1 aromatic rings. The van der Waals surface area contributed by atoms with Crippen LogP contribution in [0.1, 0.15) is 13.3 Å². The third-order valence-corrected chi connectivity index (χ3v) is 3.34. The Bertz CT molecular complexity index is 434. The molecule has 1 amide bonds. The number of carbonyl (C=O) groups is 1. The summed E-state index contributed by atoms with van der Waals surface area (Å²) in [7, 11) is -0.908. The number of rotatable bonds is 7. The lowest BCUT2D eigenvalue weighted by Crippen LogP contribution is -2.36. The van der Waals surface area contributed by atoms with Crippen molar-refractivity contribution in [2.45, 2.75) is 19.4 Å². The van der Waals surface area contributed by atoms with Crippen molar-refractivity contribution in [2.75, 3.05) is 24.3 Å². The number of hydrogen-bond donors (Lipinski definition) is 2. The molecule has 5 nitrogen and oxygen atoms in total. The topological polar surface area (TPSA) is 81.4 Å². The number of hydrogen-bond acceptors (Lipinski definition) is 4. The fraction of sp³-hybridized carbons (Fsp3) is 0.462. The molecule has 2 atom stereocenters. The second-order valence-corrected chi connectivity index (χ2v) is 5.86. The minimum atomic E-state index is -0.908. The van der Waals surface area contributed by atoms with Gasteiger partial charge < -0.3 is 15.8 Å². The van der Waals surface area contributed by atoms with E-state index >= 15 is 0 Å². The average molecular weight is 284 g/mol. The van der Waals surface area contributed by atoms with E-state index in [2.05, 4.69) is 5.32 Å². The monoisotopic (exact) mass is 284 g/mol. The molecule has 0 aromatic heterocycles. The molecule has 0 bridgehead atoms. The summed E-state index contributed by atoms with van der Waals surface area (Å²) in [6.45, 7) is 2.14. The highest BCUT2D eigenvalue weighted by molar-refractivity contribution is 7.84. The van der Waals surface area contributed by atoms with Crippen LogP contribution in [0.15, 0.2) is 24.3 Å². The van der Waals surface area contributed by atoms with Crippen LogP contribution in [0, 0.1) is 0 Å². The third kappa shape index (κ3) is 6.81. The van der Waals surface area contributed by atoms with Gasteiger partial charge in [-0.1, -0.05) is 0 Å². The fourth-order valence-corrected chi connectivity index (χ4v) is 2.35. The zero-order chi connectivity index (χ0) is 14.3. The van der Waals surface area contributed by atoms with Gasteiger partial charge in [0, 0.05) is 34.5 Å². The normalized spacial score (nSPS) is 13.6. The summed E-state index contributed by atoms with van der Waals surface area (Å²) < 4.78 is 16.4. The lowest BCUT2D eigenvalue weighted by Gasteiger charge is -2.12. The summed E-state index contributed by atoms with van der Waals surface area (Å²) in [4.78, 5) is 11.6. The molecule has 106 valence electrons. The van der Waals surface area contributed by atoms with Gasteiger partial charge in [0.05, 0.1) is 13.0 Å². The quantitative estimate of drug-likeness (QED) is 0.730. The Hall–Kier alpha value is -1.56. The summed E-state index contributed by atoms with van der Waals surface area (Å²) in [6.07, 6.45) is 1.89. The van der Waals surface area contributed by atoms with Crippen LogP contribution in [0.5, 0.6) is 5.75 Å². The number of benzene rings is 1. The van der Waals surface area contributed by atoms with Crippen molar-refractivity contribution in [1.82, 2.24) is 5.32 Å². The maximum absolute atomic E-state index is 11.6. The van der Waals surface area contributed by atoms with Crippen LogP contribution >= 0.6 is 0 Å². The number of anilines is 1. The van der Waals surface area contributed by atoms with Crippen molar-refractivity contribution in [3.05, 3.63) is 24.3 Å². The number of carbonyl (C=O) groups excluding carboxylic acids is 1. The van der Waals surface area contributed by atoms with Crippen LogP contribution in [-0.2, 0) is 15.6 Å². The van der Waals surface area contributed by atoms with Crippen molar-refractivity contribution in [2.24, 2.45) is 0 Å². The van der Waals surface area contributed by atoms with Gasteiger partial charge in [0.1, 0.15) is 5.75 Å². The second-order valence-electron chi connectivity index (χ2n) is 4.38. The molecule has 0 radical (unpaired) electrons. The Labute approximate surface area is 116 Å². The first-order valence-electron chi connectivity index (χ1n) is 6.05. The number of nitrogen functional groups attached to an aromatic ring is 1. The fourth-order valence-electron chi connectivity index (χ4n) is 1.57. The van der Waals surface area contributed by atoms with Crippen LogP contribution in [0.2, 0.25) is 0 Å². The number of nitrogens with two attached hydrogens (primary N) is 1. The highest BCUT2D eigenvalue weighted by Gasteiger charge is 2.08. The first-order chi connectivity index (χ1) is 8.97. The zero-order valence-electron chi connectivity index (χ0n) is 11.2. The minimum absolute atomic E-state index is 0.0881. The van der Waals surface area contributed by atoms with Gasteiger partial charge in [0.15, 0.2) is 0 Å². The second kappa shape index (κ2) is 7.78. The van der Waals surface area contributed by atoms with E-state index in [-0.39, 0.29) is 18.4 Å². The van der Waals surface area contributed by atoms with Crippen molar-refractivity contribution < 1.29 is 13.7 Å². The molecule has 0 aliphatic carbocycles. The molecule has 0 heterocycles. The van der Waals surface area contributed by atoms with E-state index in [1.807, 2.05) is 6.92 Å². The van der Waals surface area contributed by atoms with Crippen molar-refractivity contribution in [3.63, 3.8) is 0 Å². The van der Waals surface area contributed by atoms with E-state index in [9.17, 15) is 9.00 Å². The van der Waals surface area contributed by atoms with Gasteiger partial charge in [0.25, 0.3) is 0 Å². The molecule has 19 heavy (non-hydrogen) atoms. The van der Waals surface area contributed by atoms with E-state index in [0.717, 1.165) is 0 Å². The van der Waals surface area contributed by atoms with Gasteiger partial charge in [-0.2, -0.15) is 0 Å². The molecule has 1 aromatic carbocycles. The molecule has 6 heteroatoms. The van der Waals surface area contributed by atoms with Gasteiger partial charge in [-0.15, -0.1) is 0 Å². The highest BCUT2D eigenvalue weighted by atomic mass is 32.2. The number of ether oxygens (including phenoxy) is 1. The Morgan fingerprint density at radius 3 is 2.63 bits per heavy atom. The molecule has 0 spiro atoms. The molecule has 3 N–H and O–H groups in total. The minimum Gasteiger partial charge on any atom is -0.493 e. The van der Waals surface area contributed by atoms with Crippen molar-refractivity contribution in [3.8, 4) is 5.75 Å². The van der Waals surface area contributed by atoms with Gasteiger partial charge in [-0.05, 0) is 31.2 Å². The number of nitrogens with one attached hydrogen (secondary N) is 1. The third-order valence-electron chi connectivity index (χ3n) is 2.37. The smallest absolute Gasteiger partial charge is 0.223 e. The first kappa shape index (κ1) is 15.5. The molecule has 0 aliphatic heterocycles. The Balaban J connectivity index is 2.23. The van der Waals surface area contributed by atoms with Crippen molar-refractivity contribution >= 4 is 22.4 Å². The van der Waals surface area contributed by atoms with Gasteiger partial charge in [0.2, 0.25) is 5.91 Å². The Morgan fingerprint density at radius 1 is 1.42 bits per heavy atom. The lowest BCUT2D eigenvalue weighted by molar-refractivity contribution is -0.122. The average Bonchev–Trinajstić information content (AvgIpc) is 2.30. The van der Waals surface area contributed by atoms with Crippen LogP contribution in [-0.4, -0.2) is 34.8 Å². The van der Waals surface area contributed by atoms with Gasteiger partial charge >= 0.3 is 0 Å². The summed E-state index contributed by atoms with van der Waals surface area (Å²) in [6, 6.07) is 6.92. The van der Waals surface area contributed by atoms with Gasteiger partial charge in [-0.3, -0.25) is 9.00 Å². The highest BCUT2D eigenvalue weighted by Crippen LogP contribution is 2.13. The van der Waals surface area contributed by atoms with E-state index in [4.69, 9.17) is 10.5 Å². The van der Waals surface area contributed by atoms with Crippen LogP contribution in [0.25, 0.3) is 0 Å². The zero-order valence-corrected chi connectivity index (χ0v) is 12.0. The molecule has 0 fully saturated rings. The predicted octanol–water partition coefficient (Wildman–Crippen LogP) is 0.921. The first-order valence-corrected chi connectivity index (χ1v) is 7.78. The van der Waals surface area contributed by atoms with E-state index < -0.39 is 10.8 Å². The largest absolute Gasteiger partial charge is 0.493 e. The molecule has 0 aliphatic rings. The molecule has 2 unspecified atom stereocenters. The predicted molar refractivity (Wildman–Crippen MR) is 77.5 cm³/mol. The van der Waals surface area contributed by atoms with E-state index in [0.29, 0.717) is 23.8 Å². The van der Waals surface area contributed by atoms with Crippen LogP contribution in [0.4, 0.5) is 5.69 Å². The SMILES string of the molecule is CC(CS(C)=O)NC(=O)CCOc1ccc(N)cc1. The van der Waals surface area contributed by atoms with Gasteiger partial charge in [-0.25, -0.2) is 0 Å². The van der Waals surface area contributed by atoms with Crippen molar-refractivity contribution in [1.29, 1.82) is 0 Å².